The number of benzene rings is 3. The normalized spacial score (nSPS) is 14.6. The number of fused-ring (bicyclic) bond motifs is 3. The Morgan fingerprint density at radius 2 is 0.929 bits per heavy atom. The lowest BCUT2D eigenvalue weighted by Crippen LogP contribution is -2.24. The van der Waals surface area contributed by atoms with E-state index in [-0.39, 0.29) is 45.4 Å². The molecule has 0 unspecified atom stereocenters. The van der Waals surface area contributed by atoms with Gasteiger partial charge in [-0.05, 0) is 24.3 Å². The van der Waals surface area contributed by atoms with E-state index in [4.69, 9.17) is 0 Å². The third kappa shape index (κ3) is 4.74. The number of imide groups is 3. The minimum atomic E-state index is -0.664. The van der Waals surface area contributed by atoms with E-state index in [1.165, 1.54) is 51.5 Å². The maximum Gasteiger partial charge on any atom is 0.282 e. The Balaban J connectivity index is 0.000000146. The van der Waals surface area contributed by atoms with Crippen LogP contribution >= 0.6 is 0 Å². The van der Waals surface area contributed by atoms with E-state index in [1.807, 2.05) is 0 Å². The van der Waals surface area contributed by atoms with E-state index in [9.17, 15) is 49.0 Å². The van der Waals surface area contributed by atoms with E-state index in [0.29, 0.717) is 11.1 Å². The summed E-state index contributed by atoms with van der Waals surface area (Å²) in [5.74, 6) is -2.48. The second-order valence-electron chi connectivity index (χ2n) is 9.00. The number of nitro benzene ring substituents is 2. The number of amides is 6. The van der Waals surface area contributed by atoms with Gasteiger partial charge < -0.3 is 0 Å². The van der Waals surface area contributed by atoms with Crippen LogP contribution in [0.4, 0.5) is 11.4 Å². The van der Waals surface area contributed by atoms with Gasteiger partial charge in [0.15, 0.2) is 0 Å². The van der Waals surface area contributed by atoms with Crippen LogP contribution in [0.2, 0.25) is 0 Å². The molecule has 6 amide bonds. The number of nitrogens with zero attached hydrogens (tertiary/aromatic N) is 5. The van der Waals surface area contributed by atoms with Crippen LogP contribution in [0.5, 0.6) is 0 Å². The first kappa shape index (κ1) is 28.9. The molecule has 0 saturated carbocycles. The summed E-state index contributed by atoms with van der Waals surface area (Å²) in [5, 5.41) is 21.1. The molecular formula is C27H19N5O10. The molecule has 0 spiro atoms. The number of hydrogen-bond acceptors (Lipinski definition) is 10. The van der Waals surface area contributed by atoms with Crippen LogP contribution in [-0.2, 0) is 0 Å². The summed E-state index contributed by atoms with van der Waals surface area (Å²) in [6, 6.07) is 14.5. The van der Waals surface area contributed by atoms with Gasteiger partial charge >= 0.3 is 0 Å². The van der Waals surface area contributed by atoms with E-state index in [0.717, 1.165) is 20.8 Å². The predicted octanol–water partition coefficient (Wildman–Crippen LogP) is 2.55. The molecule has 212 valence electrons. The molecule has 6 rings (SSSR count). The molecule has 0 fully saturated rings. The lowest BCUT2D eigenvalue weighted by atomic mass is 10.1. The molecule has 15 heteroatoms. The molecule has 3 aromatic rings. The summed E-state index contributed by atoms with van der Waals surface area (Å²) < 4.78 is 0. The second-order valence-corrected chi connectivity index (χ2v) is 9.00. The quantitative estimate of drug-likeness (QED) is 0.249. The average Bonchev–Trinajstić information content (AvgIpc) is 3.45. The molecule has 42 heavy (non-hydrogen) atoms. The van der Waals surface area contributed by atoms with Crippen LogP contribution in [0.3, 0.4) is 0 Å². The van der Waals surface area contributed by atoms with Crippen molar-refractivity contribution in [2.75, 3.05) is 21.1 Å². The van der Waals surface area contributed by atoms with Gasteiger partial charge in [-0.3, -0.25) is 63.7 Å². The van der Waals surface area contributed by atoms with Crippen LogP contribution in [0.15, 0.2) is 60.7 Å². The van der Waals surface area contributed by atoms with Gasteiger partial charge in [-0.15, -0.1) is 0 Å². The van der Waals surface area contributed by atoms with E-state index in [1.54, 1.807) is 24.3 Å². The van der Waals surface area contributed by atoms with Crippen molar-refractivity contribution in [3.05, 3.63) is 114 Å². The smallest absolute Gasteiger partial charge is 0.277 e. The SMILES string of the molecule is CN1C(=O)c2ccc([N+](=O)[O-])cc2C1=O.CN1C(=O)c2cccc([N+](=O)[O-])c2C1=O.CN1C(=O)c2ccccc2C1=O. The zero-order valence-corrected chi connectivity index (χ0v) is 22.1. The summed E-state index contributed by atoms with van der Waals surface area (Å²) in [4.78, 5) is 91.3. The second kappa shape index (κ2) is 10.8. The Hall–Kier alpha value is -6.12. The summed E-state index contributed by atoms with van der Waals surface area (Å²) in [5.41, 5.74) is 0.784. The molecule has 0 bridgehead atoms. The Morgan fingerprint density at radius 1 is 0.500 bits per heavy atom. The first-order valence-electron chi connectivity index (χ1n) is 11.9. The molecule has 0 saturated heterocycles. The highest BCUT2D eigenvalue weighted by atomic mass is 16.6. The first-order chi connectivity index (χ1) is 19.8. The van der Waals surface area contributed by atoms with Crippen LogP contribution < -0.4 is 0 Å². The van der Waals surface area contributed by atoms with Crippen LogP contribution in [0.1, 0.15) is 62.1 Å². The van der Waals surface area contributed by atoms with Crippen molar-refractivity contribution >= 4 is 46.8 Å². The molecule has 0 N–H and O–H groups in total. The molecular weight excluding hydrogens is 554 g/mol. The zero-order chi connectivity index (χ0) is 31.0. The van der Waals surface area contributed by atoms with Gasteiger partial charge in [0.2, 0.25) is 0 Å². The molecule has 3 heterocycles. The fourth-order valence-electron chi connectivity index (χ4n) is 4.31. The van der Waals surface area contributed by atoms with Crippen molar-refractivity contribution in [2.24, 2.45) is 0 Å². The zero-order valence-electron chi connectivity index (χ0n) is 22.1. The standard InChI is InChI=1S/2C9H6N2O4.C9H7NO2/c1-10-8(12)6-3-2-5(11(14)15)4-7(6)9(10)13;1-10-8(12)5-3-2-4-6(11(14)15)7(5)9(10)13;1-10-8(11)6-4-2-3-5-7(6)9(10)12/h2*2-4H,1H3;2-5H,1H3. The Morgan fingerprint density at radius 3 is 1.43 bits per heavy atom. The molecule has 3 aliphatic heterocycles. The number of non-ortho nitro benzene ring substituents is 1. The highest BCUT2D eigenvalue weighted by Gasteiger charge is 2.38. The Bertz CT molecular complexity index is 1720. The van der Waals surface area contributed by atoms with Crippen molar-refractivity contribution in [1.29, 1.82) is 0 Å². The monoisotopic (exact) mass is 573 g/mol. The topological polar surface area (TPSA) is 198 Å². The third-order valence-electron chi connectivity index (χ3n) is 6.57. The number of rotatable bonds is 2. The van der Waals surface area contributed by atoms with Gasteiger partial charge in [-0.2, -0.15) is 0 Å². The number of carbonyl (C=O) groups is 6. The van der Waals surface area contributed by atoms with Crippen molar-refractivity contribution in [3.63, 3.8) is 0 Å². The van der Waals surface area contributed by atoms with E-state index >= 15 is 0 Å². The van der Waals surface area contributed by atoms with Gasteiger partial charge in [0.25, 0.3) is 46.8 Å². The van der Waals surface area contributed by atoms with Crippen LogP contribution in [-0.4, -0.2) is 81.1 Å². The van der Waals surface area contributed by atoms with Gasteiger partial charge in [-0.25, -0.2) is 0 Å². The summed E-state index contributed by atoms with van der Waals surface area (Å²) in [6.07, 6.45) is 0. The van der Waals surface area contributed by atoms with Gasteiger partial charge in [0.05, 0.1) is 37.7 Å². The predicted molar refractivity (Wildman–Crippen MR) is 142 cm³/mol. The van der Waals surface area contributed by atoms with Crippen LogP contribution in [0, 0.1) is 20.2 Å². The van der Waals surface area contributed by atoms with Crippen molar-refractivity contribution < 1.29 is 38.6 Å². The Labute approximate surface area is 235 Å². The van der Waals surface area contributed by atoms with Crippen molar-refractivity contribution in [2.45, 2.75) is 0 Å². The third-order valence-corrected chi connectivity index (χ3v) is 6.57. The highest BCUT2D eigenvalue weighted by molar-refractivity contribution is 6.23. The fraction of sp³-hybridized carbons (Fsp3) is 0.111. The highest BCUT2D eigenvalue weighted by Crippen LogP contribution is 2.29. The van der Waals surface area contributed by atoms with E-state index in [2.05, 4.69) is 0 Å². The average molecular weight is 573 g/mol. The minimum Gasteiger partial charge on any atom is -0.277 e. The van der Waals surface area contributed by atoms with Crippen LogP contribution in [0.25, 0.3) is 0 Å². The summed E-state index contributed by atoms with van der Waals surface area (Å²) in [6.45, 7) is 0. The summed E-state index contributed by atoms with van der Waals surface area (Å²) in [7, 11) is 4.13. The molecule has 0 aromatic heterocycles. The van der Waals surface area contributed by atoms with Crippen molar-refractivity contribution in [1.82, 2.24) is 14.7 Å². The number of hydrogen-bond donors (Lipinski definition) is 0. The summed E-state index contributed by atoms with van der Waals surface area (Å²) >= 11 is 0. The Kier molecular flexibility index (Phi) is 7.43. The molecule has 3 aliphatic rings. The molecule has 15 nitrogen and oxygen atoms in total. The maximum atomic E-state index is 11.5. The lowest BCUT2D eigenvalue weighted by Gasteiger charge is -2.02. The van der Waals surface area contributed by atoms with Gasteiger partial charge in [-0.1, -0.05) is 18.2 Å². The number of carbonyl (C=O) groups excluding carboxylic acids is 6. The molecule has 0 atom stereocenters. The fourth-order valence-corrected chi connectivity index (χ4v) is 4.31. The largest absolute Gasteiger partial charge is 0.282 e. The maximum absolute atomic E-state index is 11.5. The molecule has 0 aliphatic carbocycles. The number of nitro groups is 2. The molecule has 3 aromatic carbocycles. The van der Waals surface area contributed by atoms with Gasteiger partial charge in [0, 0.05) is 39.3 Å². The van der Waals surface area contributed by atoms with Crippen molar-refractivity contribution in [3.8, 4) is 0 Å². The lowest BCUT2D eigenvalue weighted by molar-refractivity contribution is -0.385. The van der Waals surface area contributed by atoms with Gasteiger partial charge in [0.1, 0.15) is 5.56 Å². The van der Waals surface area contributed by atoms with E-state index < -0.39 is 33.5 Å². The first-order valence-corrected chi connectivity index (χ1v) is 11.9. The molecule has 0 radical (unpaired) electrons. The minimum absolute atomic E-state index is 0.0942.